The minimum Gasteiger partial charge on any atom is -0.503 e. The number of ether oxygens (including phenoxy) is 1. The zero-order chi connectivity index (χ0) is 21.7. The summed E-state index contributed by atoms with van der Waals surface area (Å²) in [5.74, 6) is -0.332. The van der Waals surface area contributed by atoms with Gasteiger partial charge in [-0.3, -0.25) is 4.79 Å². The van der Waals surface area contributed by atoms with E-state index in [1.54, 1.807) is 17.9 Å². The minimum absolute atomic E-state index is 0.00642. The molecular formula is C22H21BrClN3O3. The molecule has 30 heavy (non-hydrogen) atoms. The number of phenolic OH excluding ortho intramolecular Hbond substituents is 1. The van der Waals surface area contributed by atoms with Gasteiger partial charge in [-0.2, -0.15) is 5.26 Å². The maximum Gasteiger partial charge on any atom is 0.264 e. The molecule has 0 aliphatic carbocycles. The van der Waals surface area contributed by atoms with Gasteiger partial charge in [0.05, 0.1) is 6.61 Å². The van der Waals surface area contributed by atoms with Crippen LogP contribution in [0.15, 0.2) is 46.4 Å². The molecule has 1 saturated heterocycles. The SMILES string of the molecule is CCOc1cc(/C=C(/C#N)C(=O)N2CCN(c3ccccc3)CC2)c(Br)c(Cl)c1O. The van der Waals surface area contributed by atoms with Crippen LogP contribution in [0.25, 0.3) is 6.08 Å². The van der Waals surface area contributed by atoms with Gasteiger partial charge in [-0.1, -0.05) is 29.8 Å². The number of halogens is 2. The second kappa shape index (κ2) is 9.88. The summed E-state index contributed by atoms with van der Waals surface area (Å²) in [5, 5.41) is 19.8. The Kier molecular flexibility index (Phi) is 7.24. The lowest BCUT2D eigenvalue weighted by molar-refractivity contribution is -0.126. The van der Waals surface area contributed by atoms with E-state index in [9.17, 15) is 15.2 Å². The van der Waals surface area contributed by atoms with Gasteiger partial charge in [0.25, 0.3) is 5.91 Å². The molecule has 0 spiro atoms. The predicted octanol–water partition coefficient (Wildman–Crippen LogP) is 4.46. The summed E-state index contributed by atoms with van der Waals surface area (Å²) in [6, 6.07) is 13.6. The van der Waals surface area contributed by atoms with Gasteiger partial charge >= 0.3 is 0 Å². The van der Waals surface area contributed by atoms with Crippen LogP contribution in [-0.4, -0.2) is 48.7 Å². The third kappa shape index (κ3) is 4.72. The first-order valence-electron chi connectivity index (χ1n) is 9.51. The second-order valence-corrected chi connectivity index (χ2v) is 7.83. The Hall–Kier alpha value is -2.69. The van der Waals surface area contributed by atoms with E-state index in [1.807, 2.05) is 36.4 Å². The van der Waals surface area contributed by atoms with Crippen LogP contribution in [0.1, 0.15) is 12.5 Å². The van der Waals surface area contributed by atoms with Crippen LogP contribution >= 0.6 is 27.5 Å². The summed E-state index contributed by atoms with van der Waals surface area (Å²) in [7, 11) is 0. The highest BCUT2D eigenvalue weighted by molar-refractivity contribution is 9.10. The first-order chi connectivity index (χ1) is 14.5. The van der Waals surface area contributed by atoms with Crippen molar-refractivity contribution >= 4 is 45.2 Å². The van der Waals surface area contributed by atoms with E-state index in [4.69, 9.17) is 16.3 Å². The van der Waals surface area contributed by atoms with Crippen LogP contribution in [0.5, 0.6) is 11.5 Å². The number of piperazine rings is 1. The molecule has 156 valence electrons. The van der Waals surface area contributed by atoms with Gasteiger partial charge in [0, 0.05) is 36.3 Å². The summed E-state index contributed by atoms with van der Waals surface area (Å²) in [6.45, 7) is 4.55. The Morgan fingerprint density at radius 2 is 1.97 bits per heavy atom. The number of carbonyl (C=O) groups excluding carboxylic acids is 1. The Morgan fingerprint density at radius 3 is 2.57 bits per heavy atom. The molecule has 1 N–H and O–H groups in total. The summed E-state index contributed by atoms with van der Waals surface area (Å²) in [4.78, 5) is 16.8. The van der Waals surface area contributed by atoms with Crippen molar-refractivity contribution in [3.63, 3.8) is 0 Å². The van der Waals surface area contributed by atoms with E-state index in [2.05, 4.69) is 20.8 Å². The number of para-hydroxylation sites is 1. The van der Waals surface area contributed by atoms with E-state index in [0.29, 0.717) is 42.8 Å². The number of anilines is 1. The maximum atomic E-state index is 12.9. The Labute approximate surface area is 189 Å². The van der Waals surface area contributed by atoms with Crippen molar-refractivity contribution in [1.82, 2.24) is 4.90 Å². The van der Waals surface area contributed by atoms with Crippen molar-refractivity contribution < 1.29 is 14.6 Å². The van der Waals surface area contributed by atoms with E-state index in [-0.39, 0.29) is 28.0 Å². The fourth-order valence-electron chi connectivity index (χ4n) is 3.26. The monoisotopic (exact) mass is 489 g/mol. The number of hydrogen-bond donors (Lipinski definition) is 1. The van der Waals surface area contributed by atoms with Crippen LogP contribution in [0.2, 0.25) is 5.02 Å². The molecule has 6 nitrogen and oxygen atoms in total. The van der Waals surface area contributed by atoms with Crippen molar-refractivity contribution in [2.45, 2.75) is 6.92 Å². The van der Waals surface area contributed by atoms with Gasteiger partial charge in [0.2, 0.25) is 0 Å². The number of nitrogens with zero attached hydrogens (tertiary/aromatic N) is 3. The first-order valence-corrected chi connectivity index (χ1v) is 10.7. The number of amides is 1. The molecule has 0 bridgehead atoms. The number of carbonyl (C=O) groups is 1. The van der Waals surface area contributed by atoms with Gasteiger partial charge in [-0.15, -0.1) is 0 Å². The van der Waals surface area contributed by atoms with E-state index in [1.165, 1.54) is 6.08 Å². The van der Waals surface area contributed by atoms with Gasteiger partial charge in [-0.05, 0) is 52.7 Å². The molecular weight excluding hydrogens is 470 g/mol. The lowest BCUT2D eigenvalue weighted by Crippen LogP contribution is -2.49. The number of rotatable bonds is 5. The molecule has 0 radical (unpaired) electrons. The molecule has 3 rings (SSSR count). The number of phenols is 1. The highest BCUT2D eigenvalue weighted by atomic mass is 79.9. The fraction of sp³-hybridized carbons (Fsp3) is 0.273. The lowest BCUT2D eigenvalue weighted by Gasteiger charge is -2.36. The van der Waals surface area contributed by atoms with Gasteiger partial charge < -0.3 is 19.6 Å². The highest BCUT2D eigenvalue weighted by Gasteiger charge is 2.24. The quantitative estimate of drug-likeness (QED) is 0.494. The predicted molar refractivity (Wildman–Crippen MR) is 121 cm³/mol. The van der Waals surface area contributed by atoms with Gasteiger partial charge in [-0.25, -0.2) is 0 Å². The zero-order valence-corrected chi connectivity index (χ0v) is 18.8. The summed E-state index contributed by atoms with van der Waals surface area (Å²) < 4.78 is 5.78. The van der Waals surface area contributed by atoms with Crippen molar-refractivity contribution in [3.05, 3.63) is 57.0 Å². The molecule has 1 aliphatic rings. The number of benzene rings is 2. The average Bonchev–Trinajstić information content (AvgIpc) is 2.79. The molecule has 1 amide bonds. The smallest absolute Gasteiger partial charge is 0.264 e. The van der Waals surface area contributed by atoms with E-state index in [0.717, 1.165) is 5.69 Å². The number of hydrogen-bond acceptors (Lipinski definition) is 5. The van der Waals surface area contributed by atoms with Crippen molar-refractivity contribution in [2.24, 2.45) is 0 Å². The first kappa shape index (κ1) is 22.0. The van der Waals surface area contributed by atoms with Crippen LogP contribution in [-0.2, 0) is 4.79 Å². The maximum absolute atomic E-state index is 12.9. The lowest BCUT2D eigenvalue weighted by atomic mass is 10.1. The topological polar surface area (TPSA) is 76.8 Å². The third-order valence-electron chi connectivity index (χ3n) is 4.81. The van der Waals surface area contributed by atoms with Crippen molar-refractivity contribution in [1.29, 1.82) is 5.26 Å². The molecule has 1 fully saturated rings. The second-order valence-electron chi connectivity index (χ2n) is 6.66. The van der Waals surface area contributed by atoms with Crippen LogP contribution in [0, 0.1) is 11.3 Å². The van der Waals surface area contributed by atoms with Crippen LogP contribution < -0.4 is 9.64 Å². The van der Waals surface area contributed by atoms with Crippen molar-refractivity contribution in [3.8, 4) is 17.6 Å². The van der Waals surface area contributed by atoms with E-state index >= 15 is 0 Å². The Balaban J connectivity index is 1.79. The standard InChI is InChI=1S/C22H21BrClN3O3/c1-2-30-18-13-15(19(23)20(24)21(18)28)12-16(14-25)22(29)27-10-8-26(9-11-27)17-6-4-3-5-7-17/h3-7,12-13,28H,2,8-11H2,1H3/b16-12-. The molecule has 2 aromatic carbocycles. The summed E-state index contributed by atoms with van der Waals surface area (Å²) >= 11 is 9.48. The molecule has 1 heterocycles. The largest absolute Gasteiger partial charge is 0.503 e. The van der Waals surface area contributed by atoms with Gasteiger partial charge in [0.15, 0.2) is 11.5 Å². The third-order valence-corrected chi connectivity index (χ3v) is 6.26. The normalized spacial score (nSPS) is 14.4. The van der Waals surface area contributed by atoms with Crippen LogP contribution in [0.4, 0.5) is 5.69 Å². The average molecular weight is 491 g/mol. The molecule has 0 saturated carbocycles. The molecule has 2 aromatic rings. The summed E-state index contributed by atoms with van der Waals surface area (Å²) in [5.41, 5.74) is 1.59. The Morgan fingerprint density at radius 1 is 1.30 bits per heavy atom. The van der Waals surface area contributed by atoms with Gasteiger partial charge in [0.1, 0.15) is 16.7 Å². The molecule has 0 atom stereocenters. The molecule has 1 aliphatic heterocycles. The zero-order valence-electron chi connectivity index (χ0n) is 16.4. The van der Waals surface area contributed by atoms with E-state index < -0.39 is 0 Å². The number of aromatic hydroxyl groups is 1. The number of nitriles is 1. The highest BCUT2D eigenvalue weighted by Crippen LogP contribution is 2.42. The van der Waals surface area contributed by atoms with Crippen LogP contribution in [0.3, 0.4) is 0 Å². The molecule has 8 heteroatoms. The van der Waals surface area contributed by atoms with Crippen molar-refractivity contribution in [2.75, 3.05) is 37.7 Å². The molecule has 0 unspecified atom stereocenters. The fourth-order valence-corrected chi connectivity index (χ4v) is 3.88. The molecule has 0 aromatic heterocycles. The Bertz CT molecular complexity index is 997. The summed E-state index contributed by atoms with van der Waals surface area (Å²) in [6.07, 6.45) is 1.46. The minimum atomic E-state index is -0.334.